The van der Waals surface area contributed by atoms with Gasteiger partial charge in [0, 0.05) is 29.7 Å². The molecule has 5 nitrogen and oxygen atoms in total. The molecule has 1 aromatic heterocycles. The normalized spacial score (nSPS) is 13.2. The molecule has 0 bridgehead atoms. The lowest BCUT2D eigenvalue weighted by atomic mass is 9.98. The predicted octanol–water partition coefficient (Wildman–Crippen LogP) is 4.50. The van der Waals surface area contributed by atoms with Gasteiger partial charge < -0.3 is 9.47 Å². The van der Waals surface area contributed by atoms with Crippen molar-refractivity contribution in [3.63, 3.8) is 0 Å². The van der Waals surface area contributed by atoms with Crippen LogP contribution in [0.15, 0.2) is 85.3 Å². The second-order valence-corrected chi connectivity index (χ2v) is 6.66. The number of nitrogens with zero attached hydrogens (tertiary/aromatic N) is 2. The molecule has 29 heavy (non-hydrogen) atoms. The summed E-state index contributed by atoms with van der Waals surface area (Å²) < 4.78 is 10.6. The van der Waals surface area contributed by atoms with Gasteiger partial charge in [-0.1, -0.05) is 12.1 Å². The molecular formula is C24H23N3O2. The molecule has 1 N–H and O–H groups in total. The third-order valence-electron chi connectivity index (χ3n) is 4.83. The highest BCUT2D eigenvalue weighted by atomic mass is 16.5. The number of nitrogens with one attached hydrogen (secondary N) is 1. The Hall–Kier alpha value is -3.73. The highest BCUT2D eigenvalue weighted by Crippen LogP contribution is 2.31. The van der Waals surface area contributed by atoms with Crippen LogP contribution in [0, 0.1) is 0 Å². The molecule has 0 aliphatic carbocycles. The van der Waals surface area contributed by atoms with Gasteiger partial charge in [0.15, 0.2) is 0 Å². The summed E-state index contributed by atoms with van der Waals surface area (Å²) in [5.41, 5.74) is 9.10. The first kappa shape index (κ1) is 18.6. The molecule has 0 radical (unpaired) electrons. The molecule has 0 amide bonds. The van der Waals surface area contributed by atoms with Gasteiger partial charge in [-0.2, -0.15) is 0 Å². The molecule has 5 heteroatoms. The first-order chi connectivity index (χ1) is 14.3. The number of benzene rings is 2. The molecule has 0 atom stereocenters. The van der Waals surface area contributed by atoms with E-state index in [1.807, 2.05) is 48.8 Å². The van der Waals surface area contributed by atoms with Crippen LogP contribution in [0.4, 0.5) is 0 Å². The van der Waals surface area contributed by atoms with E-state index in [-0.39, 0.29) is 0 Å². The fourth-order valence-corrected chi connectivity index (χ4v) is 3.25. The van der Waals surface area contributed by atoms with Crippen molar-refractivity contribution in [2.75, 3.05) is 14.2 Å². The number of aromatic nitrogens is 1. The first-order valence-electron chi connectivity index (χ1n) is 9.40. The number of ether oxygens (including phenoxy) is 2. The lowest BCUT2D eigenvalue weighted by molar-refractivity contribution is 0.314. The Bertz CT molecular complexity index is 1010. The molecule has 4 rings (SSSR count). The second-order valence-electron chi connectivity index (χ2n) is 6.66. The second kappa shape index (κ2) is 8.52. The number of hydrazine groups is 1. The Morgan fingerprint density at radius 1 is 0.793 bits per heavy atom. The average Bonchev–Trinajstić information content (AvgIpc) is 2.80. The number of methoxy groups -OCH3 is 2. The molecule has 0 saturated carbocycles. The summed E-state index contributed by atoms with van der Waals surface area (Å²) in [5, 5.41) is 2.07. The van der Waals surface area contributed by atoms with Gasteiger partial charge in [0.1, 0.15) is 11.5 Å². The van der Waals surface area contributed by atoms with Crippen LogP contribution in [0.25, 0.3) is 11.3 Å². The van der Waals surface area contributed by atoms with Crippen LogP contribution >= 0.6 is 0 Å². The van der Waals surface area contributed by atoms with E-state index in [1.165, 1.54) is 5.56 Å². The largest absolute Gasteiger partial charge is 0.497 e. The Kier molecular flexibility index (Phi) is 5.47. The summed E-state index contributed by atoms with van der Waals surface area (Å²) in [6.45, 7) is 0.731. The van der Waals surface area contributed by atoms with Crippen molar-refractivity contribution in [1.82, 2.24) is 15.4 Å². The van der Waals surface area contributed by atoms with Crippen LogP contribution < -0.4 is 14.9 Å². The minimum Gasteiger partial charge on any atom is -0.497 e. The molecule has 2 aromatic carbocycles. The van der Waals surface area contributed by atoms with Crippen molar-refractivity contribution in [2.45, 2.75) is 6.54 Å². The fourth-order valence-electron chi connectivity index (χ4n) is 3.25. The Morgan fingerprint density at radius 2 is 1.38 bits per heavy atom. The minimum atomic E-state index is 0.731. The quantitative estimate of drug-likeness (QED) is 0.677. The summed E-state index contributed by atoms with van der Waals surface area (Å²) in [6, 6.07) is 20.2. The summed E-state index contributed by atoms with van der Waals surface area (Å²) in [7, 11) is 3.35. The van der Waals surface area contributed by atoms with Crippen LogP contribution in [0.5, 0.6) is 11.5 Å². The summed E-state index contributed by atoms with van der Waals surface area (Å²) in [6.07, 6.45) is 7.82. The van der Waals surface area contributed by atoms with Gasteiger partial charge in [0.05, 0.1) is 26.5 Å². The van der Waals surface area contributed by atoms with Crippen LogP contribution in [0.3, 0.4) is 0 Å². The van der Waals surface area contributed by atoms with Crippen LogP contribution in [-0.2, 0) is 6.54 Å². The SMILES string of the molecule is COc1ccc(C2=C(c3ccc(OC)cc3)NN(Cc3ccncc3)C=C2)cc1. The van der Waals surface area contributed by atoms with Crippen molar-refractivity contribution in [3.8, 4) is 11.5 Å². The molecule has 0 spiro atoms. The maximum Gasteiger partial charge on any atom is 0.118 e. The van der Waals surface area contributed by atoms with Gasteiger partial charge in [-0.25, -0.2) is 0 Å². The molecule has 2 heterocycles. The maximum atomic E-state index is 5.31. The zero-order valence-corrected chi connectivity index (χ0v) is 16.5. The van der Waals surface area contributed by atoms with Gasteiger partial charge >= 0.3 is 0 Å². The lowest BCUT2D eigenvalue weighted by Gasteiger charge is -2.30. The Labute approximate surface area is 170 Å². The number of hydrogen-bond donors (Lipinski definition) is 1. The lowest BCUT2D eigenvalue weighted by Crippen LogP contribution is -2.34. The number of hydrogen-bond acceptors (Lipinski definition) is 5. The van der Waals surface area contributed by atoms with Crippen LogP contribution in [0.2, 0.25) is 0 Å². The van der Waals surface area contributed by atoms with Gasteiger partial charge in [0.2, 0.25) is 0 Å². The predicted molar refractivity (Wildman–Crippen MR) is 115 cm³/mol. The molecule has 1 aliphatic heterocycles. The molecule has 0 unspecified atom stereocenters. The molecular weight excluding hydrogens is 362 g/mol. The standard InChI is InChI=1S/C24H23N3O2/c1-28-21-7-3-19(4-8-21)23-13-16-27(17-18-11-14-25-15-12-18)26-24(23)20-5-9-22(29-2)10-6-20/h3-16,26H,17H2,1-2H3. The summed E-state index contributed by atoms with van der Waals surface area (Å²) in [4.78, 5) is 4.09. The van der Waals surface area contributed by atoms with E-state index >= 15 is 0 Å². The van der Waals surface area contributed by atoms with Crippen molar-refractivity contribution in [2.24, 2.45) is 0 Å². The summed E-state index contributed by atoms with van der Waals surface area (Å²) >= 11 is 0. The minimum absolute atomic E-state index is 0.731. The third-order valence-corrected chi connectivity index (χ3v) is 4.83. The van der Waals surface area contributed by atoms with E-state index < -0.39 is 0 Å². The summed E-state index contributed by atoms with van der Waals surface area (Å²) in [5.74, 6) is 1.67. The van der Waals surface area contributed by atoms with E-state index in [4.69, 9.17) is 9.47 Å². The van der Waals surface area contributed by atoms with Crippen molar-refractivity contribution >= 4 is 11.3 Å². The van der Waals surface area contributed by atoms with Crippen molar-refractivity contribution in [3.05, 3.63) is 102 Å². The van der Waals surface area contributed by atoms with Crippen molar-refractivity contribution < 1.29 is 9.47 Å². The van der Waals surface area contributed by atoms with Crippen LogP contribution in [0.1, 0.15) is 16.7 Å². The molecule has 3 aromatic rings. The van der Waals surface area contributed by atoms with E-state index in [2.05, 4.69) is 52.0 Å². The average molecular weight is 385 g/mol. The first-order valence-corrected chi connectivity index (χ1v) is 9.40. The van der Waals surface area contributed by atoms with Gasteiger partial charge in [-0.05, 0) is 65.7 Å². The highest BCUT2D eigenvalue weighted by Gasteiger charge is 2.17. The Morgan fingerprint density at radius 3 is 1.97 bits per heavy atom. The topological polar surface area (TPSA) is 46.6 Å². The zero-order chi connectivity index (χ0) is 20.1. The number of allylic oxidation sites excluding steroid dienone is 2. The molecule has 146 valence electrons. The monoisotopic (exact) mass is 385 g/mol. The van der Waals surface area contributed by atoms with Gasteiger partial charge in [0.25, 0.3) is 0 Å². The maximum absolute atomic E-state index is 5.31. The molecule has 0 fully saturated rings. The number of pyridine rings is 1. The third kappa shape index (κ3) is 4.24. The van der Waals surface area contributed by atoms with Crippen LogP contribution in [-0.4, -0.2) is 24.2 Å². The Balaban J connectivity index is 1.69. The van der Waals surface area contributed by atoms with Crippen molar-refractivity contribution in [1.29, 1.82) is 0 Å². The van der Waals surface area contributed by atoms with E-state index in [1.54, 1.807) is 14.2 Å². The van der Waals surface area contributed by atoms with E-state index in [0.717, 1.165) is 40.4 Å². The van der Waals surface area contributed by atoms with E-state index in [0.29, 0.717) is 0 Å². The van der Waals surface area contributed by atoms with Gasteiger partial charge in [-0.3, -0.25) is 15.4 Å². The zero-order valence-electron chi connectivity index (χ0n) is 16.5. The van der Waals surface area contributed by atoms with E-state index in [9.17, 15) is 0 Å². The molecule has 1 aliphatic rings. The highest BCUT2D eigenvalue weighted by molar-refractivity contribution is 5.95. The smallest absolute Gasteiger partial charge is 0.118 e. The molecule has 0 saturated heterocycles. The van der Waals surface area contributed by atoms with Gasteiger partial charge in [-0.15, -0.1) is 0 Å². The number of rotatable bonds is 6. The fraction of sp³-hybridized carbons (Fsp3) is 0.125.